The predicted molar refractivity (Wildman–Crippen MR) is 149 cm³/mol. The highest BCUT2D eigenvalue weighted by Crippen LogP contribution is 2.42. The molecule has 0 amide bonds. The van der Waals surface area contributed by atoms with Crippen LogP contribution in [0.5, 0.6) is 0 Å². The number of nitrogens with zero attached hydrogens (tertiary/aromatic N) is 2. The largest absolute Gasteiger partial charge is 0.471 e. The number of hydrogen-bond acceptors (Lipinski definition) is 2. The van der Waals surface area contributed by atoms with E-state index in [2.05, 4.69) is 130 Å². The Kier molecular flexibility index (Phi) is 8.27. The molecular formula is C29H38IN2O2-. The number of para-hydroxylation sites is 2. The van der Waals surface area contributed by atoms with Gasteiger partial charge in [-0.3, -0.25) is 13.9 Å². The molecule has 0 atom stereocenters. The van der Waals surface area contributed by atoms with Crippen LogP contribution < -0.4 is 9.93 Å². The van der Waals surface area contributed by atoms with Crippen LogP contribution in [0.15, 0.2) is 36.4 Å². The van der Waals surface area contributed by atoms with Gasteiger partial charge in [-0.2, -0.15) is 18.2 Å². The highest BCUT2D eigenvalue weighted by Gasteiger charge is 2.43. The lowest BCUT2D eigenvalue weighted by Crippen LogP contribution is -2.35. The lowest BCUT2D eigenvalue weighted by molar-refractivity contribution is -0.404. The molecule has 184 valence electrons. The first-order chi connectivity index (χ1) is 16.0. The number of methoxy groups -OCH3 is 1. The molecule has 0 radical (unpaired) electrons. The molecule has 5 heteroatoms. The zero-order chi connectivity index (χ0) is 25.3. The zero-order valence-corrected chi connectivity index (χ0v) is 24.1. The maximum Gasteiger partial charge on any atom is 0.339 e. The van der Waals surface area contributed by atoms with Crippen molar-refractivity contribution in [1.29, 1.82) is 0 Å². The first-order valence-corrected chi connectivity index (χ1v) is 13.3. The topological polar surface area (TPSA) is 32.3 Å². The minimum Gasteiger partial charge on any atom is -0.471 e. The van der Waals surface area contributed by atoms with Crippen molar-refractivity contribution in [2.24, 2.45) is 0 Å². The number of benzene rings is 2. The van der Waals surface area contributed by atoms with Gasteiger partial charge in [0.25, 0.3) is 6.34 Å². The van der Waals surface area contributed by atoms with Crippen molar-refractivity contribution < 1.29 is 14.1 Å². The zero-order valence-electron chi connectivity index (χ0n) is 21.9. The highest BCUT2D eigenvalue weighted by atomic mass is 127. The van der Waals surface area contributed by atoms with Crippen molar-refractivity contribution in [3.63, 3.8) is 0 Å². The van der Waals surface area contributed by atoms with Crippen LogP contribution in [0.3, 0.4) is 0 Å². The Morgan fingerprint density at radius 1 is 0.882 bits per heavy atom. The van der Waals surface area contributed by atoms with E-state index in [0.717, 1.165) is 15.1 Å². The first-order valence-electron chi connectivity index (χ1n) is 12.2. The number of ether oxygens (including phenoxy) is 1. The number of carbonyl (C=O) groups is 1. The molecule has 0 fully saturated rings. The molecule has 0 saturated heterocycles. The molecule has 0 spiro atoms. The van der Waals surface area contributed by atoms with Gasteiger partial charge in [0, 0.05) is 5.36 Å². The van der Waals surface area contributed by atoms with Crippen LogP contribution in [0.25, 0.3) is 0 Å². The molecule has 3 rings (SSSR count). The molecule has 34 heavy (non-hydrogen) atoms. The monoisotopic (exact) mass is 573 g/mol. The number of halogens is 1. The molecule has 1 aliphatic rings. The van der Waals surface area contributed by atoms with Crippen LogP contribution in [0.1, 0.15) is 101 Å². The maximum atomic E-state index is 13.2. The van der Waals surface area contributed by atoms with Gasteiger partial charge < -0.3 is 4.74 Å². The summed E-state index contributed by atoms with van der Waals surface area (Å²) in [4.78, 5) is 13.2. The summed E-state index contributed by atoms with van der Waals surface area (Å²) in [6.45, 7) is 17.7. The average molecular weight is 574 g/mol. The molecule has 1 aliphatic heterocycles. The van der Waals surface area contributed by atoms with Crippen molar-refractivity contribution in [1.82, 2.24) is 4.58 Å². The molecule has 0 N–H and O–H groups in total. The molecule has 0 bridgehead atoms. The Labute approximate surface area is 218 Å². The van der Waals surface area contributed by atoms with Gasteiger partial charge in [0.15, 0.2) is 4.05 Å². The van der Waals surface area contributed by atoms with Gasteiger partial charge in [0.1, 0.15) is 5.69 Å². The van der Waals surface area contributed by atoms with E-state index in [1.165, 1.54) is 29.4 Å². The molecule has 0 unspecified atom stereocenters. The van der Waals surface area contributed by atoms with Gasteiger partial charge in [-0.15, -0.1) is 11.1 Å². The first kappa shape index (κ1) is 26.5. The van der Waals surface area contributed by atoms with Gasteiger partial charge >= 0.3 is 5.97 Å². The van der Waals surface area contributed by atoms with Crippen molar-refractivity contribution in [3.05, 3.63) is 74.1 Å². The van der Waals surface area contributed by atoms with Gasteiger partial charge in [0.05, 0.1) is 7.11 Å². The van der Waals surface area contributed by atoms with E-state index in [4.69, 9.17) is 4.74 Å². The van der Waals surface area contributed by atoms with Crippen LogP contribution in [0.4, 0.5) is 5.69 Å². The minimum atomic E-state index is -0.329. The molecule has 4 nitrogen and oxygen atoms in total. The van der Waals surface area contributed by atoms with E-state index in [1.807, 2.05) is 0 Å². The van der Waals surface area contributed by atoms with E-state index in [9.17, 15) is 4.79 Å². The summed E-state index contributed by atoms with van der Waals surface area (Å²) in [6.07, 6.45) is 2.09. The summed E-state index contributed by atoms with van der Waals surface area (Å²) >= 11 is 2.31. The summed E-state index contributed by atoms with van der Waals surface area (Å²) in [5.41, 5.74) is 6.05. The molecular weight excluding hydrogens is 535 g/mol. The van der Waals surface area contributed by atoms with Gasteiger partial charge in [0.2, 0.25) is 6.04 Å². The summed E-state index contributed by atoms with van der Waals surface area (Å²) in [5, 5.41) is 1.16. The van der Waals surface area contributed by atoms with Crippen molar-refractivity contribution >= 4 is 40.6 Å². The van der Waals surface area contributed by atoms with Crippen molar-refractivity contribution in [3.8, 4) is 0 Å². The second kappa shape index (κ2) is 10.6. The third kappa shape index (κ3) is 4.81. The lowest BCUT2D eigenvalue weighted by atomic mass is 9.92. The average Bonchev–Trinajstić information content (AvgIpc) is 3.13. The third-order valence-corrected chi connectivity index (χ3v) is 7.45. The number of hydrogen-bond donors (Lipinski definition) is 0. The fraction of sp³-hybridized carbons (Fsp3) is 0.448. The van der Waals surface area contributed by atoms with E-state index < -0.39 is 0 Å². The molecule has 2 aromatic rings. The summed E-state index contributed by atoms with van der Waals surface area (Å²) < 4.78 is 10.4. The second-order valence-electron chi connectivity index (χ2n) is 10.2. The summed E-state index contributed by atoms with van der Waals surface area (Å²) in [5.74, 6) is 0.973. The SMILES string of the molecule is COC(=O)[C-]1[C-](I)[N+](=c2c(C(C)C)c[cH-]cc2C(C)C)C=[N+]1c1c(C(C)C)cccc1C(C)C. The van der Waals surface area contributed by atoms with E-state index >= 15 is 0 Å². The van der Waals surface area contributed by atoms with Crippen LogP contribution in [-0.4, -0.2) is 24.0 Å². The Morgan fingerprint density at radius 3 is 1.76 bits per heavy atom. The summed E-state index contributed by atoms with van der Waals surface area (Å²) in [7, 11) is 1.46. The minimum absolute atomic E-state index is 0.307. The Bertz CT molecular complexity index is 1100. The van der Waals surface area contributed by atoms with Gasteiger partial charge in [-0.25, -0.2) is 0 Å². The van der Waals surface area contributed by atoms with Crippen LogP contribution in [0, 0.1) is 10.1 Å². The van der Waals surface area contributed by atoms with E-state index in [-0.39, 0.29) is 5.97 Å². The predicted octanol–water partition coefficient (Wildman–Crippen LogP) is 6.69. The van der Waals surface area contributed by atoms with Crippen molar-refractivity contribution in [2.75, 3.05) is 7.11 Å². The summed E-state index contributed by atoms with van der Waals surface area (Å²) in [6, 6.07) is 13.6. The highest BCUT2D eigenvalue weighted by molar-refractivity contribution is 14.1. The smallest absolute Gasteiger partial charge is 0.339 e. The van der Waals surface area contributed by atoms with Crippen molar-refractivity contribution in [2.45, 2.75) is 79.1 Å². The molecule has 0 saturated carbocycles. The second-order valence-corrected chi connectivity index (χ2v) is 11.2. The lowest BCUT2D eigenvalue weighted by Gasteiger charge is -2.25. The van der Waals surface area contributed by atoms with Crippen LogP contribution >= 0.6 is 22.6 Å². The molecule has 1 heterocycles. The number of esters is 1. The van der Waals surface area contributed by atoms with Crippen LogP contribution in [-0.2, 0) is 9.53 Å². The molecule has 2 aromatic carbocycles. The van der Waals surface area contributed by atoms with Crippen LogP contribution in [0.2, 0.25) is 0 Å². The standard InChI is InChI=1S/C29H38IN2O2/c1-17(2)21-12-10-13-22(18(3)4)25(21)31-16-32(28(30)27(31)29(33)34-9)26-23(19(5)6)14-11-15-24(26)20(7)8/h10-20H,1-9H3/q-1. The quantitative estimate of drug-likeness (QED) is 0.127. The van der Waals surface area contributed by atoms with Gasteiger partial charge in [-0.05, 0) is 23.0 Å². The fourth-order valence-corrected chi connectivity index (χ4v) is 5.47. The third-order valence-electron chi connectivity index (χ3n) is 6.42. The Morgan fingerprint density at radius 2 is 1.35 bits per heavy atom. The normalized spacial score (nSPS) is 14.2. The van der Waals surface area contributed by atoms with E-state index in [0.29, 0.717) is 29.7 Å². The van der Waals surface area contributed by atoms with E-state index in [1.54, 1.807) is 0 Å². The Balaban J connectivity index is 2.50. The molecule has 0 aromatic heterocycles. The van der Waals surface area contributed by atoms with Gasteiger partial charge in [-0.1, -0.05) is 108 Å². The maximum absolute atomic E-state index is 13.2. The number of rotatable bonds is 6. The Hall–Kier alpha value is -2.15. The molecule has 0 aliphatic carbocycles. The fourth-order valence-electron chi connectivity index (χ4n) is 4.62. The number of carbonyl (C=O) groups excluding carboxylic acids is 1.